The van der Waals surface area contributed by atoms with Gasteiger partial charge in [0.2, 0.25) is 0 Å². The van der Waals surface area contributed by atoms with Gasteiger partial charge in [-0.05, 0) is 61.4 Å². The highest BCUT2D eigenvalue weighted by Crippen LogP contribution is 2.40. The van der Waals surface area contributed by atoms with Crippen molar-refractivity contribution in [1.82, 2.24) is 0 Å². The van der Waals surface area contributed by atoms with Crippen LogP contribution in [-0.2, 0) is 17.6 Å². The highest BCUT2D eigenvalue weighted by atomic mass is 32.1. The fraction of sp³-hybridized carbons (Fsp3) is 0.429. The van der Waals surface area contributed by atoms with Crippen LogP contribution < -0.4 is 10.1 Å². The number of hydrogen-bond donors (Lipinski definition) is 1. The van der Waals surface area contributed by atoms with Crippen molar-refractivity contribution in [3.63, 3.8) is 0 Å². The summed E-state index contributed by atoms with van der Waals surface area (Å²) in [6, 6.07) is 6.90. The van der Waals surface area contributed by atoms with Gasteiger partial charge in [0.25, 0.3) is 5.91 Å². The average Bonchev–Trinajstić information content (AvgIpc) is 3.02. The van der Waals surface area contributed by atoms with Crippen molar-refractivity contribution in [2.24, 2.45) is 5.92 Å². The van der Waals surface area contributed by atoms with Gasteiger partial charge in [0.1, 0.15) is 10.8 Å². The maximum atomic E-state index is 12.7. The minimum atomic E-state index is -0.339. The highest BCUT2D eigenvalue weighted by molar-refractivity contribution is 7.17. The molecule has 144 valence electrons. The zero-order chi connectivity index (χ0) is 19.4. The van der Waals surface area contributed by atoms with E-state index in [2.05, 4.69) is 12.2 Å². The van der Waals surface area contributed by atoms with E-state index in [-0.39, 0.29) is 11.9 Å². The molecule has 0 saturated carbocycles. The number of methoxy groups -OCH3 is 1. The van der Waals surface area contributed by atoms with E-state index < -0.39 is 0 Å². The van der Waals surface area contributed by atoms with Gasteiger partial charge in [0, 0.05) is 10.4 Å². The van der Waals surface area contributed by atoms with Crippen molar-refractivity contribution in [3.8, 4) is 5.75 Å². The van der Waals surface area contributed by atoms with Crippen LogP contribution in [0.25, 0.3) is 0 Å². The van der Waals surface area contributed by atoms with Crippen LogP contribution in [0.2, 0.25) is 0 Å². The Bertz CT molecular complexity index is 825. The SMILES string of the molecule is CCCOC(=O)c1c(NC(=O)c2ccc(OC)cc2)sc2c1CCC(C)C2. The summed E-state index contributed by atoms with van der Waals surface area (Å²) in [4.78, 5) is 26.5. The van der Waals surface area contributed by atoms with Crippen LogP contribution in [0.4, 0.5) is 5.00 Å². The van der Waals surface area contributed by atoms with Crippen molar-refractivity contribution >= 4 is 28.2 Å². The van der Waals surface area contributed by atoms with Crippen LogP contribution in [0, 0.1) is 5.92 Å². The molecule has 0 spiro atoms. The molecule has 1 aliphatic carbocycles. The smallest absolute Gasteiger partial charge is 0.341 e. The van der Waals surface area contributed by atoms with Crippen LogP contribution in [0.1, 0.15) is 57.8 Å². The molecule has 2 aromatic rings. The lowest BCUT2D eigenvalue weighted by Crippen LogP contribution is -2.17. The van der Waals surface area contributed by atoms with Crippen LogP contribution in [0.5, 0.6) is 5.75 Å². The number of benzene rings is 1. The Kier molecular flexibility index (Phi) is 6.16. The van der Waals surface area contributed by atoms with E-state index in [1.54, 1.807) is 31.4 Å². The molecule has 0 radical (unpaired) electrons. The summed E-state index contributed by atoms with van der Waals surface area (Å²) in [6.07, 6.45) is 3.60. The van der Waals surface area contributed by atoms with Gasteiger partial charge in [-0.15, -0.1) is 11.3 Å². The summed E-state index contributed by atoms with van der Waals surface area (Å²) < 4.78 is 10.5. The Morgan fingerprint density at radius 2 is 2.00 bits per heavy atom. The summed E-state index contributed by atoms with van der Waals surface area (Å²) >= 11 is 1.50. The Labute approximate surface area is 163 Å². The quantitative estimate of drug-likeness (QED) is 0.730. The third kappa shape index (κ3) is 4.33. The summed E-state index contributed by atoms with van der Waals surface area (Å²) in [5.41, 5.74) is 2.10. The molecule has 1 atom stereocenters. The zero-order valence-electron chi connectivity index (χ0n) is 16.0. The molecule has 27 heavy (non-hydrogen) atoms. The fourth-order valence-electron chi connectivity index (χ4n) is 3.24. The molecule has 1 N–H and O–H groups in total. The second-order valence-corrected chi connectivity index (χ2v) is 7.98. The predicted molar refractivity (Wildman–Crippen MR) is 107 cm³/mol. The Hall–Kier alpha value is -2.34. The number of esters is 1. The molecule has 0 aliphatic heterocycles. The molecule has 3 rings (SSSR count). The van der Waals surface area contributed by atoms with Crippen LogP contribution in [0.15, 0.2) is 24.3 Å². The number of carbonyl (C=O) groups excluding carboxylic acids is 2. The van der Waals surface area contributed by atoms with Crippen molar-refractivity contribution in [3.05, 3.63) is 45.8 Å². The molecule has 0 fully saturated rings. The van der Waals surface area contributed by atoms with Crippen molar-refractivity contribution in [2.75, 3.05) is 19.0 Å². The molecule has 0 saturated heterocycles. The standard InChI is InChI=1S/C21H25NO4S/c1-4-11-26-21(24)18-16-10-5-13(2)12-17(16)27-20(18)22-19(23)14-6-8-15(25-3)9-7-14/h6-9,13H,4-5,10-12H2,1-3H3,(H,22,23). The summed E-state index contributed by atoms with van der Waals surface area (Å²) in [5, 5.41) is 3.53. The van der Waals surface area contributed by atoms with Crippen LogP contribution >= 0.6 is 11.3 Å². The van der Waals surface area contributed by atoms with Crippen LogP contribution in [-0.4, -0.2) is 25.6 Å². The molecule has 1 amide bonds. The van der Waals surface area contributed by atoms with Gasteiger partial charge in [0.05, 0.1) is 19.3 Å². The minimum absolute atomic E-state index is 0.242. The number of hydrogen-bond acceptors (Lipinski definition) is 5. The molecule has 0 bridgehead atoms. The van der Waals surface area contributed by atoms with Crippen molar-refractivity contribution < 1.29 is 19.1 Å². The van der Waals surface area contributed by atoms with Gasteiger partial charge in [-0.2, -0.15) is 0 Å². The summed E-state index contributed by atoms with van der Waals surface area (Å²) in [6.45, 7) is 4.56. The molecular weight excluding hydrogens is 362 g/mol. The van der Waals surface area contributed by atoms with Crippen LogP contribution in [0.3, 0.4) is 0 Å². The number of fused-ring (bicyclic) bond motifs is 1. The summed E-state index contributed by atoms with van der Waals surface area (Å²) in [7, 11) is 1.58. The molecule has 1 aliphatic rings. The lowest BCUT2D eigenvalue weighted by atomic mass is 9.88. The summed E-state index contributed by atoms with van der Waals surface area (Å²) in [5.74, 6) is 0.694. The molecular formula is C21H25NO4S. The average molecular weight is 388 g/mol. The fourth-order valence-corrected chi connectivity index (χ4v) is 4.63. The van der Waals surface area contributed by atoms with E-state index in [0.29, 0.717) is 34.4 Å². The number of carbonyl (C=O) groups is 2. The number of rotatable bonds is 6. The van der Waals surface area contributed by atoms with E-state index >= 15 is 0 Å². The number of ether oxygens (including phenoxy) is 2. The molecule has 1 unspecified atom stereocenters. The molecule has 1 heterocycles. The van der Waals surface area contributed by atoms with E-state index in [9.17, 15) is 9.59 Å². The van der Waals surface area contributed by atoms with Gasteiger partial charge < -0.3 is 14.8 Å². The third-order valence-electron chi connectivity index (χ3n) is 4.73. The highest BCUT2D eigenvalue weighted by Gasteiger charge is 2.29. The Morgan fingerprint density at radius 1 is 1.26 bits per heavy atom. The van der Waals surface area contributed by atoms with E-state index in [0.717, 1.165) is 31.2 Å². The predicted octanol–water partition coefficient (Wildman–Crippen LogP) is 4.70. The van der Waals surface area contributed by atoms with Gasteiger partial charge in [0.15, 0.2) is 0 Å². The first kappa shape index (κ1) is 19.4. The Morgan fingerprint density at radius 3 is 2.67 bits per heavy atom. The first-order valence-corrected chi connectivity index (χ1v) is 10.1. The minimum Gasteiger partial charge on any atom is -0.497 e. The lowest BCUT2D eigenvalue weighted by molar-refractivity contribution is 0.0505. The van der Waals surface area contributed by atoms with Crippen molar-refractivity contribution in [1.29, 1.82) is 0 Å². The van der Waals surface area contributed by atoms with E-state index in [1.165, 1.54) is 16.2 Å². The largest absolute Gasteiger partial charge is 0.497 e. The second-order valence-electron chi connectivity index (χ2n) is 6.87. The zero-order valence-corrected chi connectivity index (χ0v) is 16.8. The molecule has 6 heteroatoms. The maximum absolute atomic E-state index is 12.7. The normalized spacial score (nSPS) is 15.7. The number of thiophene rings is 1. The Balaban J connectivity index is 1.88. The topological polar surface area (TPSA) is 64.6 Å². The van der Waals surface area contributed by atoms with Crippen molar-refractivity contribution in [2.45, 2.75) is 39.5 Å². The second kappa shape index (κ2) is 8.57. The molecule has 5 nitrogen and oxygen atoms in total. The van der Waals surface area contributed by atoms with Gasteiger partial charge in [-0.25, -0.2) is 4.79 Å². The maximum Gasteiger partial charge on any atom is 0.341 e. The molecule has 1 aromatic carbocycles. The third-order valence-corrected chi connectivity index (χ3v) is 5.90. The van der Waals surface area contributed by atoms with E-state index in [1.807, 2.05) is 6.92 Å². The number of amides is 1. The van der Waals surface area contributed by atoms with E-state index in [4.69, 9.17) is 9.47 Å². The van der Waals surface area contributed by atoms with Gasteiger partial charge in [-0.3, -0.25) is 4.79 Å². The first-order valence-electron chi connectivity index (χ1n) is 9.30. The number of nitrogens with one attached hydrogen (secondary N) is 1. The first-order chi connectivity index (χ1) is 13.0. The lowest BCUT2D eigenvalue weighted by Gasteiger charge is -2.18. The van der Waals surface area contributed by atoms with Gasteiger partial charge >= 0.3 is 5.97 Å². The number of anilines is 1. The molecule has 1 aromatic heterocycles. The monoisotopic (exact) mass is 387 g/mol. The van der Waals surface area contributed by atoms with Gasteiger partial charge in [-0.1, -0.05) is 13.8 Å².